The van der Waals surface area contributed by atoms with Gasteiger partial charge in [0.15, 0.2) is 0 Å². The lowest BCUT2D eigenvalue weighted by Crippen LogP contribution is -2.30. The molecule has 0 radical (unpaired) electrons. The Morgan fingerprint density at radius 1 is 0.840 bits per heavy atom. The Morgan fingerprint density at radius 2 is 1.36 bits per heavy atom. The number of hydrogen-bond donors (Lipinski definition) is 1. The highest BCUT2D eigenvalue weighted by Crippen LogP contribution is 2.16. The van der Waals surface area contributed by atoms with Crippen molar-refractivity contribution < 1.29 is 8.42 Å². The predicted octanol–water partition coefficient (Wildman–Crippen LogP) is 3.62. The van der Waals surface area contributed by atoms with Crippen LogP contribution in [0.15, 0.2) is 47.4 Å². The summed E-state index contributed by atoms with van der Waals surface area (Å²) in [6, 6.07) is 13.7. The van der Waals surface area contributed by atoms with Crippen molar-refractivity contribution in [3.05, 3.63) is 64.7 Å². The minimum atomic E-state index is -3.38. The largest absolute Gasteiger partial charge is 0.309 e. The summed E-state index contributed by atoms with van der Waals surface area (Å²) in [5.41, 5.74) is 4.87. The van der Waals surface area contributed by atoms with Crippen LogP contribution in [0.25, 0.3) is 0 Å². The molecule has 0 spiro atoms. The van der Waals surface area contributed by atoms with Crippen LogP contribution in [0, 0.1) is 13.8 Å². The zero-order valence-corrected chi connectivity index (χ0v) is 16.4. The summed E-state index contributed by atoms with van der Waals surface area (Å²) in [6.45, 7) is 10.4. The molecule has 2 rings (SSSR count). The Hall–Kier alpha value is -1.69. The molecule has 136 valence electrons. The summed E-state index contributed by atoms with van der Waals surface area (Å²) in [7, 11) is -3.38. The fourth-order valence-corrected chi connectivity index (χ4v) is 4.47. The average Bonchev–Trinajstić information content (AvgIpc) is 2.55. The second kappa shape index (κ2) is 8.61. The molecule has 0 atom stereocenters. The number of nitrogens with zero attached hydrogens (tertiary/aromatic N) is 1. The highest BCUT2D eigenvalue weighted by atomic mass is 32.2. The van der Waals surface area contributed by atoms with Crippen molar-refractivity contribution in [2.75, 3.05) is 13.1 Å². The zero-order valence-electron chi connectivity index (χ0n) is 15.5. The highest BCUT2D eigenvalue weighted by molar-refractivity contribution is 7.89. The monoisotopic (exact) mass is 360 g/mol. The number of hydrogen-bond acceptors (Lipinski definition) is 3. The molecule has 0 heterocycles. The van der Waals surface area contributed by atoms with Crippen LogP contribution in [0.4, 0.5) is 0 Å². The zero-order chi connectivity index (χ0) is 18.4. The van der Waals surface area contributed by atoms with Gasteiger partial charge in [0.25, 0.3) is 0 Å². The Balaban J connectivity index is 1.98. The molecule has 2 aromatic rings. The van der Waals surface area contributed by atoms with Gasteiger partial charge in [0.2, 0.25) is 10.0 Å². The van der Waals surface area contributed by atoms with Crippen LogP contribution in [-0.4, -0.2) is 25.8 Å². The van der Waals surface area contributed by atoms with E-state index in [1.807, 2.05) is 26.0 Å². The first-order chi connectivity index (χ1) is 11.9. The van der Waals surface area contributed by atoms with Crippen molar-refractivity contribution in [2.24, 2.45) is 0 Å². The third-order valence-corrected chi connectivity index (χ3v) is 6.27. The molecule has 0 aliphatic heterocycles. The fourth-order valence-electron chi connectivity index (χ4n) is 3.01. The highest BCUT2D eigenvalue weighted by Gasteiger charge is 2.20. The topological polar surface area (TPSA) is 49.4 Å². The number of sulfonamides is 1. The molecular weight excluding hydrogens is 332 g/mol. The summed E-state index contributed by atoms with van der Waals surface area (Å²) in [5, 5.41) is 3.42. The van der Waals surface area contributed by atoms with Crippen LogP contribution in [-0.2, 0) is 23.1 Å². The first kappa shape index (κ1) is 19.6. The second-order valence-corrected chi connectivity index (χ2v) is 8.27. The quantitative estimate of drug-likeness (QED) is 0.782. The maximum atomic E-state index is 12.5. The number of benzene rings is 2. The lowest BCUT2D eigenvalue weighted by molar-refractivity contribution is 0.445. The van der Waals surface area contributed by atoms with Crippen molar-refractivity contribution in [2.45, 2.75) is 45.7 Å². The third kappa shape index (κ3) is 5.14. The predicted molar refractivity (Wildman–Crippen MR) is 103 cm³/mol. The van der Waals surface area contributed by atoms with E-state index in [1.165, 1.54) is 21.0 Å². The summed E-state index contributed by atoms with van der Waals surface area (Å²) in [6.07, 6.45) is 0. The van der Waals surface area contributed by atoms with Gasteiger partial charge >= 0.3 is 0 Å². The Kier molecular flexibility index (Phi) is 6.76. The third-order valence-electron chi connectivity index (χ3n) is 4.21. The van der Waals surface area contributed by atoms with E-state index in [9.17, 15) is 8.42 Å². The van der Waals surface area contributed by atoms with Crippen molar-refractivity contribution in [1.29, 1.82) is 0 Å². The molecule has 0 saturated heterocycles. The molecular formula is C20H28N2O2S. The van der Waals surface area contributed by atoms with Crippen molar-refractivity contribution in [3.63, 3.8) is 0 Å². The first-order valence-corrected chi connectivity index (χ1v) is 10.2. The van der Waals surface area contributed by atoms with E-state index in [4.69, 9.17) is 0 Å². The van der Waals surface area contributed by atoms with Gasteiger partial charge in [-0.15, -0.1) is 0 Å². The molecule has 0 amide bonds. The normalized spacial score (nSPS) is 11.9. The van der Waals surface area contributed by atoms with Gasteiger partial charge in [0.1, 0.15) is 0 Å². The van der Waals surface area contributed by atoms with Crippen LogP contribution in [0.3, 0.4) is 0 Å². The van der Waals surface area contributed by atoms with Gasteiger partial charge in [0, 0.05) is 26.2 Å². The number of rotatable bonds is 8. The summed E-state index contributed by atoms with van der Waals surface area (Å²) < 4.78 is 26.4. The molecule has 0 unspecified atom stereocenters. The van der Waals surface area contributed by atoms with Gasteiger partial charge in [-0.05, 0) is 37.1 Å². The second-order valence-electron chi connectivity index (χ2n) is 6.33. The van der Waals surface area contributed by atoms with E-state index >= 15 is 0 Å². The molecule has 4 nitrogen and oxygen atoms in total. The summed E-state index contributed by atoms with van der Waals surface area (Å²) in [5.74, 6) is 0. The van der Waals surface area contributed by atoms with Gasteiger partial charge < -0.3 is 5.32 Å². The maximum absolute atomic E-state index is 12.5. The van der Waals surface area contributed by atoms with Crippen molar-refractivity contribution >= 4 is 10.0 Å². The first-order valence-electron chi connectivity index (χ1n) is 8.73. The van der Waals surface area contributed by atoms with Gasteiger partial charge in [-0.25, -0.2) is 8.42 Å². The van der Waals surface area contributed by atoms with Gasteiger partial charge in [-0.1, -0.05) is 55.3 Å². The summed E-state index contributed by atoms with van der Waals surface area (Å²) in [4.78, 5) is 0.356. The van der Waals surface area contributed by atoms with E-state index in [0.29, 0.717) is 24.5 Å². The molecule has 2 aromatic carbocycles. The molecule has 0 aliphatic rings. The molecule has 1 N–H and O–H groups in total. The standard InChI is InChI=1S/C20H28N2O2S/c1-5-22(6-2)25(23,24)20-9-7-18(8-10-20)14-21-15-19-12-16(3)11-17(4)13-19/h7-13,21H,5-6,14-15H2,1-4H3. The van der Waals surface area contributed by atoms with Crippen molar-refractivity contribution in [1.82, 2.24) is 9.62 Å². The maximum Gasteiger partial charge on any atom is 0.243 e. The van der Waals surface area contributed by atoms with E-state index < -0.39 is 10.0 Å². The fraction of sp³-hybridized carbons (Fsp3) is 0.400. The van der Waals surface area contributed by atoms with Gasteiger partial charge in [-0.3, -0.25) is 0 Å². The molecule has 5 heteroatoms. The van der Waals surface area contributed by atoms with E-state index in [1.54, 1.807) is 12.1 Å². The molecule has 0 saturated carbocycles. The van der Waals surface area contributed by atoms with E-state index in [0.717, 1.165) is 12.1 Å². The Bertz CT molecular complexity index is 775. The van der Waals surface area contributed by atoms with Gasteiger partial charge in [0.05, 0.1) is 4.90 Å². The minimum Gasteiger partial charge on any atom is -0.309 e. The Morgan fingerprint density at radius 3 is 1.88 bits per heavy atom. The molecule has 25 heavy (non-hydrogen) atoms. The van der Waals surface area contributed by atoms with Crippen molar-refractivity contribution in [3.8, 4) is 0 Å². The number of nitrogens with one attached hydrogen (secondary N) is 1. The van der Waals surface area contributed by atoms with E-state index in [-0.39, 0.29) is 0 Å². The van der Waals surface area contributed by atoms with E-state index in [2.05, 4.69) is 37.4 Å². The van der Waals surface area contributed by atoms with Crippen LogP contribution in [0.5, 0.6) is 0 Å². The van der Waals surface area contributed by atoms with Crippen LogP contribution >= 0.6 is 0 Å². The number of aryl methyl sites for hydroxylation is 2. The Labute approximate surface area is 151 Å². The summed E-state index contributed by atoms with van der Waals surface area (Å²) >= 11 is 0. The molecule has 0 aliphatic carbocycles. The van der Waals surface area contributed by atoms with Crippen LogP contribution < -0.4 is 5.32 Å². The van der Waals surface area contributed by atoms with Crippen LogP contribution in [0.2, 0.25) is 0 Å². The van der Waals surface area contributed by atoms with Gasteiger partial charge in [-0.2, -0.15) is 4.31 Å². The molecule has 0 fully saturated rings. The molecule has 0 bridgehead atoms. The lowest BCUT2D eigenvalue weighted by Gasteiger charge is -2.18. The SMILES string of the molecule is CCN(CC)S(=O)(=O)c1ccc(CNCc2cc(C)cc(C)c2)cc1. The lowest BCUT2D eigenvalue weighted by atomic mass is 10.1. The van der Waals surface area contributed by atoms with Crippen LogP contribution in [0.1, 0.15) is 36.1 Å². The average molecular weight is 361 g/mol. The smallest absolute Gasteiger partial charge is 0.243 e. The minimum absolute atomic E-state index is 0.356. The molecule has 0 aromatic heterocycles.